The lowest BCUT2D eigenvalue weighted by atomic mass is 10.2. The Morgan fingerprint density at radius 1 is 0.750 bits per heavy atom. The van der Waals surface area contributed by atoms with Gasteiger partial charge in [0.15, 0.2) is 6.29 Å². The fourth-order valence-corrected chi connectivity index (χ4v) is 1.86. The van der Waals surface area contributed by atoms with Crippen LogP contribution in [-0.4, -0.2) is 21.2 Å². The van der Waals surface area contributed by atoms with E-state index >= 15 is 0 Å². The first kappa shape index (κ1) is 12.2. The number of nitrogens with zero attached hydrogens (tertiary/aromatic N) is 3. The summed E-state index contributed by atoms with van der Waals surface area (Å²) < 4.78 is 0. The molecule has 0 atom stereocenters. The zero-order chi connectivity index (χ0) is 13.8. The van der Waals surface area contributed by atoms with Crippen molar-refractivity contribution in [2.24, 2.45) is 0 Å². The van der Waals surface area contributed by atoms with Crippen LogP contribution in [0.5, 0.6) is 0 Å². The molecule has 0 saturated heterocycles. The standard InChI is InChI=1S/C16H11N3O/c20-11-12-7-8-14(18-10-12)16-6-3-5-15(19-16)13-4-1-2-9-17-13/h1-11H. The van der Waals surface area contributed by atoms with Crippen LogP contribution < -0.4 is 0 Å². The molecule has 0 spiro atoms. The molecule has 96 valence electrons. The highest BCUT2D eigenvalue weighted by molar-refractivity contribution is 5.75. The number of hydrogen-bond donors (Lipinski definition) is 0. The molecule has 0 amide bonds. The van der Waals surface area contributed by atoms with Gasteiger partial charge in [-0.3, -0.25) is 14.8 Å². The Bertz CT molecular complexity index is 724. The monoisotopic (exact) mass is 261 g/mol. The third kappa shape index (κ3) is 2.44. The number of aldehydes is 1. The summed E-state index contributed by atoms with van der Waals surface area (Å²) in [5, 5.41) is 0. The van der Waals surface area contributed by atoms with Crippen molar-refractivity contribution in [3.63, 3.8) is 0 Å². The van der Waals surface area contributed by atoms with E-state index in [1.54, 1.807) is 18.3 Å². The van der Waals surface area contributed by atoms with E-state index in [2.05, 4.69) is 15.0 Å². The molecule has 0 aliphatic rings. The van der Waals surface area contributed by atoms with Crippen LogP contribution >= 0.6 is 0 Å². The number of rotatable bonds is 3. The molecule has 0 N–H and O–H groups in total. The molecule has 3 rings (SSSR count). The average molecular weight is 261 g/mol. The molecule has 0 bridgehead atoms. The van der Waals surface area contributed by atoms with Crippen LogP contribution in [0.3, 0.4) is 0 Å². The van der Waals surface area contributed by atoms with Crippen molar-refractivity contribution in [1.29, 1.82) is 0 Å². The van der Waals surface area contributed by atoms with E-state index in [0.29, 0.717) is 5.56 Å². The van der Waals surface area contributed by atoms with Gasteiger partial charge in [0.2, 0.25) is 0 Å². The second-order valence-corrected chi connectivity index (χ2v) is 4.22. The summed E-state index contributed by atoms with van der Waals surface area (Å²) in [5.74, 6) is 0. The molecular weight excluding hydrogens is 250 g/mol. The van der Waals surface area contributed by atoms with Gasteiger partial charge in [-0.25, -0.2) is 4.98 Å². The lowest BCUT2D eigenvalue weighted by Crippen LogP contribution is -1.92. The summed E-state index contributed by atoms with van der Waals surface area (Å²) in [4.78, 5) is 23.7. The summed E-state index contributed by atoms with van der Waals surface area (Å²) in [7, 11) is 0. The Kier molecular flexibility index (Phi) is 3.29. The van der Waals surface area contributed by atoms with E-state index < -0.39 is 0 Å². The molecule has 0 aliphatic carbocycles. The molecule has 0 saturated carbocycles. The third-order valence-electron chi connectivity index (χ3n) is 2.86. The first-order valence-electron chi connectivity index (χ1n) is 6.17. The van der Waals surface area contributed by atoms with Crippen LogP contribution in [0.4, 0.5) is 0 Å². The zero-order valence-electron chi connectivity index (χ0n) is 10.6. The van der Waals surface area contributed by atoms with Gasteiger partial charge in [-0.15, -0.1) is 0 Å². The molecule has 0 aliphatic heterocycles. The van der Waals surface area contributed by atoms with Gasteiger partial charge in [-0.2, -0.15) is 0 Å². The molecular formula is C16H11N3O. The topological polar surface area (TPSA) is 55.7 Å². The highest BCUT2D eigenvalue weighted by Crippen LogP contribution is 2.19. The average Bonchev–Trinajstić information content (AvgIpc) is 2.56. The van der Waals surface area contributed by atoms with Crippen LogP contribution in [0.1, 0.15) is 10.4 Å². The van der Waals surface area contributed by atoms with E-state index in [0.717, 1.165) is 29.1 Å². The molecule has 3 aromatic heterocycles. The lowest BCUT2D eigenvalue weighted by Gasteiger charge is -2.03. The maximum Gasteiger partial charge on any atom is 0.151 e. The summed E-state index contributed by atoms with van der Waals surface area (Å²) in [5.41, 5.74) is 3.65. The molecule has 4 heteroatoms. The van der Waals surface area contributed by atoms with Gasteiger partial charge in [-0.1, -0.05) is 12.1 Å². The molecule has 0 fully saturated rings. The molecule has 3 aromatic rings. The Morgan fingerprint density at radius 3 is 2.10 bits per heavy atom. The van der Waals surface area contributed by atoms with Crippen LogP contribution in [0.25, 0.3) is 22.8 Å². The predicted octanol–water partition coefficient (Wildman–Crippen LogP) is 3.02. The smallest absolute Gasteiger partial charge is 0.151 e. The molecule has 0 aromatic carbocycles. The van der Waals surface area contributed by atoms with Gasteiger partial charge >= 0.3 is 0 Å². The van der Waals surface area contributed by atoms with Gasteiger partial charge in [0.1, 0.15) is 0 Å². The first-order valence-corrected chi connectivity index (χ1v) is 6.17. The summed E-state index contributed by atoms with van der Waals surface area (Å²) in [6, 6.07) is 14.9. The van der Waals surface area contributed by atoms with Crippen molar-refractivity contribution in [1.82, 2.24) is 15.0 Å². The Balaban J connectivity index is 2.00. The maximum atomic E-state index is 10.6. The Morgan fingerprint density at radius 2 is 1.50 bits per heavy atom. The molecule has 4 nitrogen and oxygen atoms in total. The predicted molar refractivity (Wildman–Crippen MR) is 76.1 cm³/mol. The van der Waals surface area contributed by atoms with Crippen LogP contribution in [-0.2, 0) is 0 Å². The minimum absolute atomic E-state index is 0.551. The summed E-state index contributed by atoms with van der Waals surface area (Å²) in [6.45, 7) is 0. The maximum absolute atomic E-state index is 10.6. The lowest BCUT2D eigenvalue weighted by molar-refractivity contribution is 0.112. The van der Waals surface area contributed by atoms with Gasteiger partial charge in [0, 0.05) is 18.0 Å². The third-order valence-corrected chi connectivity index (χ3v) is 2.86. The van der Waals surface area contributed by atoms with E-state index in [1.165, 1.54) is 6.20 Å². The van der Waals surface area contributed by atoms with Gasteiger partial charge in [0.05, 0.1) is 22.8 Å². The molecule has 20 heavy (non-hydrogen) atoms. The normalized spacial score (nSPS) is 10.2. The Labute approximate surface area is 116 Å². The molecule has 0 radical (unpaired) electrons. The molecule has 3 heterocycles. The summed E-state index contributed by atoms with van der Waals surface area (Å²) >= 11 is 0. The number of pyridine rings is 3. The van der Waals surface area contributed by atoms with Gasteiger partial charge < -0.3 is 0 Å². The van der Waals surface area contributed by atoms with E-state index in [-0.39, 0.29) is 0 Å². The largest absolute Gasteiger partial charge is 0.298 e. The SMILES string of the molecule is O=Cc1ccc(-c2cccc(-c3ccccn3)n2)nc1. The number of hydrogen-bond acceptors (Lipinski definition) is 4. The molecule has 0 unspecified atom stereocenters. The second-order valence-electron chi connectivity index (χ2n) is 4.22. The Hall–Kier alpha value is -2.88. The van der Waals surface area contributed by atoms with E-state index in [9.17, 15) is 4.79 Å². The highest BCUT2D eigenvalue weighted by Gasteiger charge is 2.05. The quantitative estimate of drug-likeness (QED) is 0.680. The van der Waals surface area contributed by atoms with Crippen LogP contribution in [0.2, 0.25) is 0 Å². The second kappa shape index (κ2) is 5.40. The number of carbonyl (C=O) groups excluding carboxylic acids is 1. The van der Waals surface area contributed by atoms with Crippen molar-refractivity contribution in [2.45, 2.75) is 0 Å². The van der Waals surface area contributed by atoms with Crippen molar-refractivity contribution in [3.8, 4) is 22.8 Å². The van der Waals surface area contributed by atoms with E-state index in [4.69, 9.17) is 0 Å². The fraction of sp³-hybridized carbons (Fsp3) is 0. The summed E-state index contributed by atoms with van der Waals surface area (Å²) in [6.07, 6.45) is 4.05. The van der Waals surface area contributed by atoms with Gasteiger partial charge in [0.25, 0.3) is 0 Å². The van der Waals surface area contributed by atoms with Crippen molar-refractivity contribution in [2.75, 3.05) is 0 Å². The van der Waals surface area contributed by atoms with Crippen LogP contribution in [0.15, 0.2) is 60.9 Å². The van der Waals surface area contributed by atoms with Crippen molar-refractivity contribution >= 4 is 6.29 Å². The minimum atomic E-state index is 0.551. The van der Waals surface area contributed by atoms with E-state index in [1.807, 2.05) is 36.4 Å². The number of carbonyl (C=O) groups is 1. The van der Waals surface area contributed by atoms with Crippen LogP contribution in [0, 0.1) is 0 Å². The first-order chi connectivity index (χ1) is 9.86. The van der Waals surface area contributed by atoms with Crippen molar-refractivity contribution in [3.05, 3.63) is 66.5 Å². The van der Waals surface area contributed by atoms with Gasteiger partial charge in [-0.05, 0) is 36.4 Å². The highest BCUT2D eigenvalue weighted by atomic mass is 16.1. The fourth-order valence-electron chi connectivity index (χ4n) is 1.86. The van der Waals surface area contributed by atoms with Crippen molar-refractivity contribution < 1.29 is 4.79 Å². The zero-order valence-corrected chi connectivity index (χ0v) is 10.6. The minimum Gasteiger partial charge on any atom is -0.298 e. The number of aromatic nitrogens is 3.